The van der Waals surface area contributed by atoms with Crippen LogP contribution in [0.2, 0.25) is 0 Å². The molecular weight excluding hydrogens is 238 g/mol. The molecule has 0 spiro atoms. The van der Waals surface area contributed by atoms with Gasteiger partial charge in [0.15, 0.2) is 0 Å². The van der Waals surface area contributed by atoms with Crippen molar-refractivity contribution in [2.75, 3.05) is 11.1 Å². The molecule has 100 valence electrons. The molecule has 0 aliphatic heterocycles. The van der Waals surface area contributed by atoms with Gasteiger partial charge >= 0.3 is 0 Å². The van der Waals surface area contributed by atoms with Gasteiger partial charge in [-0.2, -0.15) is 0 Å². The number of nitrogens with one attached hydrogen (secondary N) is 1. The number of aromatic nitrogens is 1. The van der Waals surface area contributed by atoms with Gasteiger partial charge in [-0.25, -0.2) is 0 Å². The van der Waals surface area contributed by atoms with E-state index in [2.05, 4.69) is 11.4 Å². The van der Waals surface area contributed by atoms with Crippen molar-refractivity contribution in [2.24, 2.45) is 0 Å². The van der Waals surface area contributed by atoms with Crippen molar-refractivity contribution in [3.63, 3.8) is 0 Å². The van der Waals surface area contributed by atoms with Crippen LogP contribution in [0, 0.1) is 13.8 Å². The largest absolute Gasteiger partial charge is 0.397 e. The van der Waals surface area contributed by atoms with Gasteiger partial charge in [0.25, 0.3) is 5.91 Å². The maximum atomic E-state index is 12.2. The summed E-state index contributed by atoms with van der Waals surface area (Å²) in [6.07, 6.45) is 1.77. The van der Waals surface area contributed by atoms with Crippen LogP contribution in [-0.4, -0.2) is 10.5 Å². The Morgan fingerprint density at radius 1 is 1.21 bits per heavy atom. The number of anilines is 2. The molecule has 2 rings (SSSR count). The molecule has 0 bridgehead atoms. The van der Waals surface area contributed by atoms with Gasteiger partial charge in [0.2, 0.25) is 0 Å². The fourth-order valence-electron chi connectivity index (χ4n) is 2.23. The third-order valence-electron chi connectivity index (χ3n) is 2.97. The highest BCUT2D eigenvalue weighted by atomic mass is 16.1. The maximum absolute atomic E-state index is 12.2. The van der Waals surface area contributed by atoms with E-state index in [1.54, 1.807) is 12.3 Å². The second-order valence-corrected chi connectivity index (χ2v) is 4.78. The molecule has 0 saturated heterocycles. The molecule has 0 fully saturated rings. The molecule has 1 aromatic carbocycles. The second kappa shape index (κ2) is 5.18. The molecule has 0 saturated carbocycles. The first-order valence-corrected chi connectivity index (χ1v) is 6.35. The number of nitrogen functional groups attached to an aromatic ring is 1. The lowest BCUT2D eigenvalue weighted by Crippen LogP contribution is -2.16. The lowest BCUT2D eigenvalue weighted by atomic mass is 10.1. The first-order valence-electron chi connectivity index (χ1n) is 6.35. The zero-order chi connectivity index (χ0) is 14.0. The van der Waals surface area contributed by atoms with Crippen molar-refractivity contribution >= 4 is 17.3 Å². The molecular formula is C15H19N3O. The van der Waals surface area contributed by atoms with Crippen molar-refractivity contribution < 1.29 is 4.79 Å². The number of benzene rings is 1. The molecule has 0 aliphatic carbocycles. The number of nitrogens with zero attached hydrogens (tertiary/aromatic N) is 1. The molecule has 2 aromatic rings. The topological polar surface area (TPSA) is 60.0 Å². The van der Waals surface area contributed by atoms with Crippen LogP contribution in [0.3, 0.4) is 0 Å². The van der Waals surface area contributed by atoms with Gasteiger partial charge in [-0.15, -0.1) is 0 Å². The third-order valence-corrected chi connectivity index (χ3v) is 2.97. The average molecular weight is 257 g/mol. The Morgan fingerprint density at radius 2 is 1.84 bits per heavy atom. The molecule has 0 radical (unpaired) electrons. The average Bonchev–Trinajstić information content (AvgIpc) is 2.69. The van der Waals surface area contributed by atoms with E-state index in [1.807, 2.05) is 37.5 Å². The van der Waals surface area contributed by atoms with E-state index in [-0.39, 0.29) is 5.91 Å². The van der Waals surface area contributed by atoms with Gasteiger partial charge < -0.3 is 15.6 Å². The normalized spacial score (nSPS) is 10.5. The summed E-state index contributed by atoms with van der Waals surface area (Å²) >= 11 is 0. The van der Waals surface area contributed by atoms with E-state index in [4.69, 9.17) is 5.73 Å². The zero-order valence-electron chi connectivity index (χ0n) is 11.5. The van der Waals surface area contributed by atoms with Crippen LogP contribution in [0.15, 0.2) is 30.5 Å². The number of carbonyl (C=O) groups is 1. The summed E-state index contributed by atoms with van der Waals surface area (Å²) in [5.41, 5.74) is 9.98. The van der Waals surface area contributed by atoms with E-state index >= 15 is 0 Å². The van der Waals surface area contributed by atoms with Crippen molar-refractivity contribution in [3.8, 4) is 0 Å². The quantitative estimate of drug-likeness (QED) is 0.888. The smallest absolute Gasteiger partial charge is 0.272 e. The van der Waals surface area contributed by atoms with E-state index in [1.165, 1.54) is 0 Å². The van der Waals surface area contributed by atoms with E-state index < -0.39 is 0 Å². The predicted molar refractivity (Wildman–Crippen MR) is 78.4 cm³/mol. The fraction of sp³-hybridized carbons (Fsp3) is 0.267. The van der Waals surface area contributed by atoms with Gasteiger partial charge in [-0.3, -0.25) is 4.79 Å². The summed E-state index contributed by atoms with van der Waals surface area (Å²) < 4.78 is 1.84. The molecule has 0 aliphatic rings. The Kier molecular flexibility index (Phi) is 3.60. The Morgan fingerprint density at radius 3 is 2.42 bits per heavy atom. The summed E-state index contributed by atoms with van der Waals surface area (Å²) in [6.45, 7) is 6.71. The van der Waals surface area contributed by atoms with Crippen LogP contribution >= 0.6 is 0 Å². The molecule has 1 aromatic heterocycles. The molecule has 4 nitrogen and oxygen atoms in total. The molecule has 1 amide bonds. The van der Waals surface area contributed by atoms with Crippen molar-refractivity contribution in [1.29, 1.82) is 0 Å². The predicted octanol–water partition coefficient (Wildman–Crippen LogP) is 2.96. The van der Waals surface area contributed by atoms with Crippen LogP contribution in [0.4, 0.5) is 11.4 Å². The van der Waals surface area contributed by atoms with Gasteiger partial charge in [0.05, 0.1) is 5.69 Å². The van der Waals surface area contributed by atoms with Crippen LogP contribution in [-0.2, 0) is 6.54 Å². The first kappa shape index (κ1) is 13.2. The van der Waals surface area contributed by atoms with E-state index in [9.17, 15) is 4.79 Å². The number of amides is 1. The van der Waals surface area contributed by atoms with Crippen LogP contribution in [0.5, 0.6) is 0 Å². The molecule has 3 N–H and O–H groups in total. The number of hydrogen-bond donors (Lipinski definition) is 2. The fourth-order valence-corrected chi connectivity index (χ4v) is 2.23. The van der Waals surface area contributed by atoms with E-state index in [0.29, 0.717) is 17.9 Å². The van der Waals surface area contributed by atoms with Gasteiger partial charge in [-0.05, 0) is 50.1 Å². The van der Waals surface area contributed by atoms with Gasteiger partial charge in [0.1, 0.15) is 5.69 Å². The summed E-state index contributed by atoms with van der Waals surface area (Å²) in [5.74, 6) is -0.136. The highest BCUT2D eigenvalue weighted by Gasteiger charge is 2.12. The standard InChI is InChI=1S/C15H19N3O/c1-4-18-9-12(16)8-14(18)15(19)17-13-6-10(2)5-11(3)7-13/h5-9H,4,16H2,1-3H3,(H,17,19). The molecule has 4 heteroatoms. The Bertz CT molecular complexity index is 594. The van der Waals surface area contributed by atoms with E-state index in [0.717, 1.165) is 16.8 Å². The number of hydrogen-bond acceptors (Lipinski definition) is 2. The lowest BCUT2D eigenvalue weighted by Gasteiger charge is -2.09. The summed E-state index contributed by atoms with van der Waals surface area (Å²) in [4.78, 5) is 12.2. The molecule has 0 atom stereocenters. The van der Waals surface area contributed by atoms with Crippen LogP contribution in [0.1, 0.15) is 28.5 Å². The van der Waals surface area contributed by atoms with Gasteiger partial charge in [-0.1, -0.05) is 6.07 Å². The maximum Gasteiger partial charge on any atom is 0.272 e. The first-order chi connectivity index (χ1) is 8.99. The van der Waals surface area contributed by atoms with Crippen molar-refractivity contribution in [2.45, 2.75) is 27.3 Å². The third kappa shape index (κ3) is 2.96. The molecule has 19 heavy (non-hydrogen) atoms. The minimum Gasteiger partial charge on any atom is -0.397 e. The summed E-state index contributed by atoms with van der Waals surface area (Å²) in [5, 5.41) is 2.91. The van der Waals surface area contributed by atoms with Crippen molar-refractivity contribution in [3.05, 3.63) is 47.3 Å². The highest BCUT2D eigenvalue weighted by Crippen LogP contribution is 2.16. The monoisotopic (exact) mass is 257 g/mol. The lowest BCUT2D eigenvalue weighted by molar-refractivity contribution is 0.101. The highest BCUT2D eigenvalue weighted by molar-refractivity contribution is 6.03. The van der Waals surface area contributed by atoms with Gasteiger partial charge in [0, 0.05) is 18.4 Å². The zero-order valence-corrected chi connectivity index (χ0v) is 11.5. The Labute approximate surface area is 113 Å². The summed E-state index contributed by atoms with van der Waals surface area (Å²) in [7, 11) is 0. The van der Waals surface area contributed by atoms with Crippen LogP contribution < -0.4 is 11.1 Å². The SMILES string of the molecule is CCn1cc(N)cc1C(=O)Nc1cc(C)cc(C)c1. The second-order valence-electron chi connectivity index (χ2n) is 4.78. The van der Waals surface area contributed by atoms with Crippen LogP contribution in [0.25, 0.3) is 0 Å². The minimum atomic E-state index is -0.136. The molecule has 0 unspecified atom stereocenters. The number of carbonyl (C=O) groups excluding carboxylic acids is 1. The number of rotatable bonds is 3. The Hall–Kier alpha value is -2.23. The number of aryl methyl sites for hydroxylation is 3. The summed E-state index contributed by atoms with van der Waals surface area (Å²) in [6, 6.07) is 7.67. The molecule has 1 heterocycles. The number of nitrogens with two attached hydrogens (primary N) is 1. The minimum absolute atomic E-state index is 0.136. The Balaban J connectivity index is 2.25. The van der Waals surface area contributed by atoms with Crippen molar-refractivity contribution in [1.82, 2.24) is 4.57 Å².